The van der Waals surface area contributed by atoms with Gasteiger partial charge in [0.2, 0.25) is 0 Å². The third-order valence-electron chi connectivity index (χ3n) is 4.17. The average Bonchev–Trinajstić information content (AvgIpc) is 2.97. The highest BCUT2D eigenvalue weighted by Gasteiger charge is 2.17. The summed E-state index contributed by atoms with van der Waals surface area (Å²) in [5, 5.41) is 1.14. The van der Waals surface area contributed by atoms with Gasteiger partial charge in [0.25, 0.3) is 11.5 Å². The van der Waals surface area contributed by atoms with Crippen LogP contribution < -0.4 is 11.0 Å². The van der Waals surface area contributed by atoms with Crippen molar-refractivity contribution in [1.82, 2.24) is 15.0 Å². The second-order valence-electron chi connectivity index (χ2n) is 6.15. The van der Waals surface area contributed by atoms with Crippen molar-refractivity contribution in [2.75, 3.05) is 5.75 Å². The average molecular weight is 416 g/mol. The van der Waals surface area contributed by atoms with E-state index < -0.39 is 0 Å². The number of nitrogens with zero attached hydrogens (tertiary/aromatic N) is 2. The third kappa shape index (κ3) is 4.52. The molecule has 0 aliphatic heterocycles. The number of aryl methyl sites for hydroxylation is 2. The molecule has 0 aliphatic carbocycles. The first kappa shape index (κ1) is 20.3. The topological polar surface area (TPSA) is 73.2 Å². The Morgan fingerprint density at radius 1 is 1.36 bits per heavy atom. The Morgan fingerprint density at radius 3 is 2.82 bits per heavy atom. The van der Waals surface area contributed by atoms with Crippen LogP contribution in [0.25, 0.3) is 10.2 Å². The molecule has 0 radical (unpaired) electrons. The number of benzene rings is 1. The minimum Gasteiger partial charge on any atom is -0.283 e. The number of hydrogen-bond donors (Lipinski definition) is 1. The number of fused-ring (bicyclic) bond motifs is 1. The van der Waals surface area contributed by atoms with Crippen molar-refractivity contribution in [2.24, 2.45) is 0 Å². The Bertz CT molecular complexity index is 1060. The van der Waals surface area contributed by atoms with Crippen molar-refractivity contribution in [3.05, 3.63) is 69.3 Å². The number of rotatable bonds is 8. The first-order chi connectivity index (χ1) is 13.5. The highest BCUT2D eigenvalue weighted by Crippen LogP contribution is 2.28. The lowest BCUT2D eigenvalue weighted by Gasteiger charge is -2.10. The van der Waals surface area contributed by atoms with Gasteiger partial charge in [0, 0.05) is 11.4 Å². The summed E-state index contributed by atoms with van der Waals surface area (Å²) in [6.07, 6.45) is 1.65. The SMILES string of the molecule is C=CCn1c(SCC(=O)NOCc2ccccc2)nc2sc(C)c(C)c2c1=O. The van der Waals surface area contributed by atoms with Gasteiger partial charge in [-0.3, -0.25) is 19.0 Å². The number of hydrogen-bond acceptors (Lipinski definition) is 6. The van der Waals surface area contributed by atoms with Gasteiger partial charge < -0.3 is 0 Å². The van der Waals surface area contributed by atoms with E-state index >= 15 is 0 Å². The molecule has 3 aromatic rings. The molecule has 0 atom stereocenters. The molecule has 0 saturated carbocycles. The van der Waals surface area contributed by atoms with Gasteiger partial charge in [-0.05, 0) is 25.0 Å². The number of allylic oxidation sites excluding steroid dienone is 1. The molecule has 3 rings (SSSR count). The molecule has 0 aliphatic rings. The van der Waals surface area contributed by atoms with Crippen molar-refractivity contribution >= 4 is 39.2 Å². The normalized spacial score (nSPS) is 10.9. The lowest BCUT2D eigenvalue weighted by atomic mass is 10.2. The zero-order chi connectivity index (χ0) is 20.1. The van der Waals surface area contributed by atoms with Crippen molar-refractivity contribution in [1.29, 1.82) is 0 Å². The Labute approximate surface area is 171 Å². The minimum atomic E-state index is -0.293. The maximum atomic E-state index is 12.9. The fraction of sp³-hybridized carbons (Fsp3) is 0.250. The fourth-order valence-electron chi connectivity index (χ4n) is 2.64. The number of thioether (sulfide) groups is 1. The second kappa shape index (κ2) is 9.18. The standard InChI is InChI=1S/C20H21N3O3S2/c1-4-10-23-19(25)17-13(2)14(3)28-18(17)21-20(23)27-12-16(24)22-26-11-15-8-6-5-7-9-15/h4-9H,1,10-12H2,2-3H3,(H,22,24). The van der Waals surface area contributed by atoms with Gasteiger partial charge >= 0.3 is 0 Å². The summed E-state index contributed by atoms with van der Waals surface area (Å²) < 4.78 is 1.55. The van der Waals surface area contributed by atoms with Crippen LogP contribution in [0, 0.1) is 13.8 Å². The highest BCUT2D eigenvalue weighted by atomic mass is 32.2. The largest absolute Gasteiger partial charge is 0.283 e. The molecule has 146 valence electrons. The first-order valence-corrected chi connectivity index (χ1v) is 10.5. The molecule has 0 spiro atoms. The molecule has 8 heteroatoms. The van der Waals surface area contributed by atoms with E-state index in [0.717, 1.165) is 16.0 Å². The predicted molar refractivity (Wildman–Crippen MR) is 114 cm³/mol. The number of carbonyl (C=O) groups excluding carboxylic acids is 1. The van der Waals surface area contributed by atoms with Crippen LogP contribution in [0.5, 0.6) is 0 Å². The molecule has 6 nitrogen and oxygen atoms in total. The number of carbonyl (C=O) groups is 1. The van der Waals surface area contributed by atoms with E-state index in [9.17, 15) is 9.59 Å². The molecule has 28 heavy (non-hydrogen) atoms. The van der Waals surface area contributed by atoms with Crippen LogP contribution in [0.15, 0.2) is 52.9 Å². The van der Waals surface area contributed by atoms with E-state index in [1.807, 2.05) is 44.2 Å². The van der Waals surface area contributed by atoms with Gasteiger partial charge in [-0.15, -0.1) is 17.9 Å². The molecule has 1 aromatic carbocycles. The predicted octanol–water partition coefficient (Wildman–Crippen LogP) is 3.60. The third-order valence-corrected chi connectivity index (χ3v) is 6.24. The van der Waals surface area contributed by atoms with Crippen LogP contribution in [-0.4, -0.2) is 21.2 Å². The van der Waals surface area contributed by atoms with Crippen LogP contribution in [-0.2, 0) is 22.8 Å². The number of hydroxylamine groups is 1. The molecule has 1 amide bonds. The Morgan fingerprint density at radius 2 is 2.11 bits per heavy atom. The molecule has 0 fully saturated rings. The van der Waals surface area contributed by atoms with E-state index in [0.29, 0.717) is 21.9 Å². The monoisotopic (exact) mass is 415 g/mol. The molecule has 2 heterocycles. The number of aromatic nitrogens is 2. The summed E-state index contributed by atoms with van der Waals surface area (Å²) in [5.74, 6) is -0.202. The van der Waals surface area contributed by atoms with Crippen LogP contribution in [0.4, 0.5) is 0 Å². The minimum absolute atomic E-state index is 0.0905. The summed E-state index contributed by atoms with van der Waals surface area (Å²) in [5.41, 5.74) is 4.24. The smallest absolute Gasteiger partial charge is 0.263 e. The van der Waals surface area contributed by atoms with Crippen LogP contribution in [0.2, 0.25) is 0 Å². The molecule has 0 unspecified atom stereocenters. The van der Waals surface area contributed by atoms with Gasteiger partial charge in [0.05, 0.1) is 17.7 Å². The fourth-order valence-corrected chi connectivity index (χ4v) is 4.51. The first-order valence-electron chi connectivity index (χ1n) is 8.70. The number of nitrogens with one attached hydrogen (secondary N) is 1. The number of amides is 1. The van der Waals surface area contributed by atoms with Crippen molar-refractivity contribution in [3.8, 4) is 0 Å². The lowest BCUT2D eigenvalue weighted by Crippen LogP contribution is -2.27. The molecular formula is C20H21N3O3S2. The summed E-state index contributed by atoms with van der Waals surface area (Å²) in [4.78, 5) is 36.6. The van der Waals surface area contributed by atoms with E-state index in [1.54, 1.807) is 10.6 Å². The Hall–Kier alpha value is -2.42. The van der Waals surface area contributed by atoms with Crippen LogP contribution in [0.1, 0.15) is 16.0 Å². The summed E-state index contributed by atoms with van der Waals surface area (Å²) in [6.45, 7) is 8.25. The maximum Gasteiger partial charge on any atom is 0.263 e. The molecule has 2 aromatic heterocycles. The van der Waals surface area contributed by atoms with E-state index in [-0.39, 0.29) is 23.8 Å². The van der Waals surface area contributed by atoms with Gasteiger partial charge in [-0.2, -0.15) is 0 Å². The zero-order valence-corrected chi connectivity index (χ0v) is 17.4. The maximum absolute atomic E-state index is 12.9. The zero-order valence-electron chi connectivity index (χ0n) is 15.7. The quantitative estimate of drug-likeness (QED) is 0.263. The van der Waals surface area contributed by atoms with Gasteiger partial charge in [0.15, 0.2) is 5.16 Å². The Kier molecular flexibility index (Phi) is 6.66. The van der Waals surface area contributed by atoms with E-state index in [1.165, 1.54) is 23.1 Å². The van der Waals surface area contributed by atoms with Gasteiger partial charge in [0.1, 0.15) is 4.83 Å². The molecule has 0 bridgehead atoms. The van der Waals surface area contributed by atoms with Crippen molar-refractivity contribution in [3.63, 3.8) is 0 Å². The number of thiophene rings is 1. The lowest BCUT2D eigenvalue weighted by molar-refractivity contribution is -0.131. The van der Waals surface area contributed by atoms with Crippen LogP contribution >= 0.6 is 23.1 Å². The highest BCUT2D eigenvalue weighted by molar-refractivity contribution is 7.99. The summed E-state index contributed by atoms with van der Waals surface area (Å²) >= 11 is 2.69. The van der Waals surface area contributed by atoms with Gasteiger partial charge in [-0.25, -0.2) is 10.5 Å². The van der Waals surface area contributed by atoms with E-state index in [2.05, 4.69) is 17.0 Å². The summed E-state index contributed by atoms with van der Waals surface area (Å²) in [7, 11) is 0. The van der Waals surface area contributed by atoms with E-state index in [4.69, 9.17) is 4.84 Å². The van der Waals surface area contributed by atoms with Crippen molar-refractivity contribution < 1.29 is 9.63 Å². The van der Waals surface area contributed by atoms with Gasteiger partial charge in [-0.1, -0.05) is 48.2 Å². The van der Waals surface area contributed by atoms with Crippen molar-refractivity contribution in [2.45, 2.75) is 32.2 Å². The van der Waals surface area contributed by atoms with Crippen LogP contribution in [0.3, 0.4) is 0 Å². The molecule has 0 saturated heterocycles. The Balaban J connectivity index is 1.69. The molecule has 1 N–H and O–H groups in total. The summed E-state index contributed by atoms with van der Waals surface area (Å²) in [6, 6.07) is 9.57. The molecular weight excluding hydrogens is 394 g/mol. The second-order valence-corrected chi connectivity index (χ2v) is 8.30.